The lowest BCUT2D eigenvalue weighted by atomic mass is 9.85. The Hall–Kier alpha value is -5.93. The van der Waals surface area contributed by atoms with E-state index in [2.05, 4.69) is 103 Å². The largest absolute Gasteiger partial charge is 0.208 e. The lowest BCUT2D eigenvalue weighted by molar-refractivity contribution is 1.07. The van der Waals surface area contributed by atoms with Crippen LogP contribution in [-0.2, 0) is 0 Å². The second kappa shape index (κ2) is 11.0. The van der Waals surface area contributed by atoms with E-state index >= 15 is 0 Å². The summed E-state index contributed by atoms with van der Waals surface area (Å²) in [5.41, 5.74) is 7.66. The molecule has 1 aromatic heterocycles. The van der Waals surface area contributed by atoms with Crippen molar-refractivity contribution in [3.63, 3.8) is 0 Å². The van der Waals surface area contributed by atoms with Crippen molar-refractivity contribution < 1.29 is 0 Å². The quantitative estimate of drug-likeness (QED) is 0.196. The van der Waals surface area contributed by atoms with Gasteiger partial charge in [0, 0.05) is 16.7 Å². The summed E-state index contributed by atoms with van der Waals surface area (Å²) in [5, 5.41) is 4.80. The molecule has 44 heavy (non-hydrogen) atoms. The second-order valence-electron chi connectivity index (χ2n) is 10.8. The summed E-state index contributed by atoms with van der Waals surface area (Å²) in [6.07, 6.45) is 0. The van der Waals surface area contributed by atoms with Crippen LogP contribution in [0, 0.1) is 0 Å². The smallest absolute Gasteiger partial charge is 0.164 e. The van der Waals surface area contributed by atoms with Crippen LogP contribution in [0.1, 0.15) is 0 Å². The molecule has 0 amide bonds. The Morgan fingerprint density at radius 3 is 1.05 bits per heavy atom. The molecule has 206 valence electrons. The molecule has 0 radical (unpaired) electrons. The van der Waals surface area contributed by atoms with Crippen LogP contribution in [0.15, 0.2) is 164 Å². The molecule has 0 aliphatic heterocycles. The number of fused-ring (bicyclic) bond motifs is 2. The number of hydrogen-bond donors (Lipinski definition) is 0. The topological polar surface area (TPSA) is 38.7 Å². The molecule has 0 aliphatic carbocycles. The van der Waals surface area contributed by atoms with Gasteiger partial charge in [-0.05, 0) is 49.9 Å². The van der Waals surface area contributed by atoms with Gasteiger partial charge in [-0.2, -0.15) is 0 Å². The maximum absolute atomic E-state index is 5.03. The van der Waals surface area contributed by atoms with Crippen LogP contribution in [0.4, 0.5) is 0 Å². The number of rotatable bonds is 5. The summed E-state index contributed by atoms with van der Waals surface area (Å²) in [5.74, 6) is 1.95. The Kier molecular flexibility index (Phi) is 6.47. The lowest BCUT2D eigenvalue weighted by Crippen LogP contribution is -2.00. The van der Waals surface area contributed by atoms with Crippen molar-refractivity contribution in [3.8, 4) is 56.4 Å². The fourth-order valence-electron chi connectivity index (χ4n) is 6.09. The molecule has 0 bridgehead atoms. The Morgan fingerprint density at radius 2 is 0.591 bits per heavy atom. The van der Waals surface area contributed by atoms with Crippen molar-refractivity contribution in [2.24, 2.45) is 0 Å². The van der Waals surface area contributed by atoms with Crippen molar-refractivity contribution in [1.29, 1.82) is 0 Å². The fraction of sp³-hybridized carbons (Fsp3) is 0. The molecule has 3 nitrogen and oxygen atoms in total. The summed E-state index contributed by atoms with van der Waals surface area (Å²) < 4.78 is 0. The molecule has 0 unspecified atom stereocenters. The number of benzene rings is 7. The van der Waals surface area contributed by atoms with Crippen molar-refractivity contribution >= 4 is 21.5 Å². The highest BCUT2D eigenvalue weighted by Crippen LogP contribution is 2.44. The van der Waals surface area contributed by atoms with Crippen molar-refractivity contribution in [1.82, 2.24) is 15.0 Å². The van der Waals surface area contributed by atoms with Crippen LogP contribution in [0.25, 0.3) is 78.0 Å². The number of aromatic nitrogens is 3. The average Bonchev–Trinajstić information content (AvgIpc) is 3.11. The van der Waals surface area contributed by atoms with E-state index in [0.717, 1.165) is 22.1 Å². The van der Waals surface area contributed by atoms with E-state index in [0.29, 0.717) is 17.5 Å². The first-order valence-electron chi connectivity index (χ1n) is 14.8. The van der Waals surface area contributed by atoms with Crippen LogP contribution in [-0.4, -0.2) is 15.0 Å². The van der Waals surface area contributed by atoms with E-state index in [1.54, 1.807) is 0 Å². The van der Waals surface area contributed by atoms with Crippen molar-refractivity contribution in [3.05, 3.63) is 164 Å². The van der Waals surface area contributed by atoms with Gasteiger partial charge in [0.2, 0.25) is 0 Å². The van der Waals surface area contributed by atoms with Crippen LogP contribution in [0.5, 0.6) is 0 Å². The van der Waals surface area contributed by atoms with E-state index in [1.165, 1.54) is 38.4 Å². The van der Waals surface area contributed by atoms with Crippen LogP contribution < -0.4 is 0 Å². The summed E-state index contributed by atoms with van der Waals surface area (Å²) >= 11 is 0. The molecule has 8 rings (SSSR count). The third-order valence-electron chi connectivity index (χ3n) is 8.11. The Labute approximate surface area is 256 Å². The summed E-state index contributed by atoms with van der Waals surface area (Å²) in [4.78, 5) is 15.0. The third-order valence-corrected chi connectivity index (χ3v) is 8.11. The van der Waals surface area contributed by atoms with Gasteiger partial charge in [0.05, 0.1) is 0 Å². The highest BCUT2D eigenvalue weighted by atomic mass is 15.0. The fourth-order valence-corrected chi connectivity index (χ4v) is 6.09. The van der Waals surface area contributed by atoms with Gasteiger partial charge in [-0.1, -0.05) is 158 Å². The van der Waals surface area contributed by atoms with Gasteiger partial charge in [-0.25, -0.2) is 15.0 Å². The average molecular weight is 562 g/mol. The first kappa shape index (κ1) is 25.8. The predicted octanol–water partition coefficient (Wildman–Crippen LogP) is 10.5. The highest BCUT2D eigenvalue weighted by molar-refractivity contribution is 6.21. The summed E-state index contributed by atoms with van der Waals surface area (Å²) in [7, 11) is 0. The van der Waals surface area contributed by atoms with E-state index in [-0.39, 0.29) is 0 Å². The minimum atomic E-state index is 0.646. The molecule has 0 fully saturated rings. The molecular weight excluding hydrogens is 534 g/mol. The van der Waals surface area contributed by atoms with Gasteiger partial charge in [-0.15, -0.1) is 0 Å². The molecule has 0 saturated heterocycles. The van der Waals surface area contributed by atoms with E-state index < -0.39 is 0 Å². The normalized spacial score (nSPS) is 11.2. The van der Waals surface area contributed by atoms with Crippen molar-refractivity contribution in [2.45, 2.75) is 0 Å². The molecule has 0 aliphatic rings. The third kappa shape index (κ3) is 4.61. The van der Waals surface area contributed by atoms with Gasteiger partial charge in [-0.3, -0.25) is 0 Å². The number of hydrogen-bond acceptors (Lipinski definition) is 3. The molecule has 0 atom stereocenters. The Balaban J connectivity index is 1.44. The SMILES string of the molecule is c1ccc(-c2nc(-c3ccccc3)nc(-c3ccc4c(-c5ccccc5)c5ccccc5c(-c5ccccc5)c4c3)n2)cc1. The molecular formula is C41H27N3. The summed E-state index contributed by atoms with van der Waals surface area (Å²) in [6.45, 7) is 0. The highest BCUT2D eigenvalue weighted by Gasteiger charge is 2.19. The first-order chi connectivity index (χ1) is 21.8. The maximum atomic E-state index is 5.03. The molecule has 1 heterocycles. The zero-order valence-electron chi connectivity index (χ0n) is 23.9. The molecule has 0 saturated carbocycles. The molecule has 3 heteroatoms. The van der Waals surface area contributed by atoms with Gasteiger partial charge in [0.15, 0.2) is 17.5 Å². The molecule has 7 aromatic carbocycles. The van der Waals surface area contributed by atoms with Gasteiger partial charge in [0.1, 0.15) is 0 Å². The molecule has 0 N–H and O–H groups in total. The van der Waals surface area contributed by atoms with E-state index in [1.807, 2.05) is 60.7 Å². The van der Waals surface area contributed by atoms with Crippen LogP contribution in [0.2, 0.25) is 0 Å². The molecule has 8 aromatic rings. The predicted molar refractivity (Wildman–Crippen MR) is 182 cm³/mol. The number of nitrogens with zero attached hydrogens (tertiary/aromatic N) is 3. The zero-order valence-corrected chi connectivity index (χ0v) is 23.9. The minimum absolute atomic E-state index is 0.646. The lowest BCUT2D eigenvalue weighted by Gasteiger charge is -2.18. The maximum Gasteiger partial charge on any atom is 0.164 e. The monoisotopic (exact) mass is 561 g/mol. The standard InChI is InChI=1S/C41H27N3/c1-5-15-28(16-6-1)37-33-23-13-14-24-34(33)38(29-17-7-2-8-18-29)36-27-32(25-26-35(36)37)41-43-39(30-19-9-3-10-20-30)42-40(44-41)31-21-11-4-12-22-31/h1-27H. The second-order valence-corrected chi connectivity index (χ2v) is 10.8. The van der Waals surface area contributed by atoms with Gasteiger partial charge >= 0.3 is 0 Å². The Morgan fingerprint density at radius 1 is 0.250 bits per heavy atom. The van der Waals surface area contributed by atoms with Gasteiger partial charge in [0.25, 0.3) is 0 Å². The minimum Gasteiger partial charge on any atom is -0.208 e. The van der Waals surface area contributed by atoms with Crippen LogP contribution >= 0.6 is 0 Å². The van der Waals surface area contributed by atoms with Crippen LogP contribution in [0.3, 0.4) is 0 Å². The van der Waals surface area contributed by atoms with E-state index in [9.17, 15) is 0 Å². The molecule has 0 spiro atoms. The van der Waals surface area contributed by atoms with E-state index in [4.69, 9.17) is 15.0 Å². The first-order valence-corrected chi connectivity index (χ1v) is 14.8. The summed E-state index contributed by atoms with van der Waals surface area (Å²) in [6, 6.07) is 57.0. The Bertz CT molecular complexity index is 2190. The van der Waals surface area contributed by atoms with Gasteiger partial charge < -0.3 is 0 Å². The van der Waals surface area contributed by atoms with Crippen molar-refractivity contribution in [2.75, 3.05) is 0 Å². The zero-order chi connectivity index (χ0) is 29.3.